The molecular weight excluding hydrogens is 511 g/mol. The Kier molecular flexibility index (Phi) is 6.51. The van der Waals surface area contributed by atoms with E-state index in [0.717, 1.165) is 40.0 Å². The van der Waals surface area contributed by atoms with Gasteiger partial charge in [-0.2, -0.15) is 5.10 Å². The summed E-state index contributed by atoms with van der Waals surface area (Å²) in [6.45, 7) is 8.42. The summed E-state index contributed by atoms with van der Waals surface area (Å²) in [7, 11) is 0. The fourth-order valence-electron chi connectivity index (χ4n) is 5.53. The van der Waals surface area contributed by atoms with Crippen molar-refractivity contribution >= 4 is 28.6 Å². The van der Waals surface area contributed by atoms with Gasteiger partial charge in [-0.3, -0.25) is 4.79 Å². The Hall–Kier alpha value is -3.95. The monoisotopic (exact) mass is 546 g/mol. The normalized spacial score (nSPS) is 19.8. The second kappa shape index (κ2) is 9.91. The van der Waals surface area contributed by atoms with Gasteiger partial charge in [-0.15, -0.1) is 0 Å². The summed E-state index contributed by atoms with van der Waals surface area (Å²) in [6, 6.07) is 9.26. The van der Waals surface area contributed by atoms with Crippen LogP contribution in [0.1, 0.15) is 56.0 Å². The van der Waals surface area contributed by atoms with Crippen LogP contribution in [-0.4, -0.2) is 67.0 Å². The van der Waals surface area contributed by atoms with Crippen LogP contribution in [0.2, 0.25) is 0 Å². The number of pyridine rings is 2. The number of alkyl halides is 1. The molecule has 1 aliphatic carbocycles. The number of piperidine rings is 1. The topological polar surface area (TPSA) is 93.8 Å². The van der Waals surface area contributed by atoms with Gasteiger partial charge in [-0.1, -0.05) is 0 Å². The highest BCUT2D eigenvalue weighted by Crippen LogP contribution is 2.36. The molecule has 2 amide bonds. The number of carbonyl (C=O) groups is 2. The minimum absolute atomic E-state index is 0.0268. The second-order valence-corrected chi connectivity index (χ2v) is 12.1. The van der Waals surface area contributed by atoms with Crippen LogP contribution in [0, 0.1) is 12.8 Å². The SMILES string of the molecule is Cc1c(-c2cc3cccnc3n2CC2CC2)nn2cc(C(=O)N3C[C@H](F)C[C@@H](NC(=O)OC(C)(C)C)C3)ccc12. The van der Waals surface area contributed by atoms with Crippen LogP contribution in [0.15, 0.2) is 42.7 Å². The van der Waals surface area contributed by atoms with E-state index in [0.29, 0.717) is 11.5 Å². The van der Waals surface area contributed by atoms with E-state index in [1.165, 1.54) is 17.7 Å². The van der Waals surface area contributed by atoms with Crippen molar-refractivity contribution in [3.63, 3.8) is 0 Å². The van der Waals surface area contributed by atoms with Crippen molar-refractivity contribution in [1.29, 1.82) is 0 Å². The number of hydrogen-bond acceptors (Lipinski definition) is 5. The van der Waals surface area contributed by atoms with E-state index in [1.54, 1.807) is 37.5 Å². The molecule has 6 rings (SSSR count). The molecule has 0 unspecified atom stereocenters. The quantitative estimate of drug-likeness (QED) is 0.374. The maximum Gasteiger partial charge on any atom is 0.407 e. The van der Waals surface area contributed by atoms with Gasteiger partial charge in [0.25, 0.3) is 5.91 Å². The number of ether oxygens (including phenoxy) is 1. The highest BCUT2D eigenvalue weighted by atomic mass is 19.1. The van der Waals surface area contributed by atoms with Crippen LogP contribution in [-0.2, 0) is 11.3 Å². The Morgan fingerprint density at radius 3 is 2.73 bits per heavy atom. The Bertz CT molecular complexity index is 1600. The molecule has 1 aliphatic heterocycles. The lowest BCUT2D eigenvalue weighted by Gasteiger charge is -2.35. The van der Waals surface area contributed by atoms with Crippen molar-refractivity contribution in [2.45, 2.75) is 71.3 Å². The first-order chi connectivity index (χ1) is 19.1. The number of fused-ring (bicyclic) bond motifs is 2. The lowest BCUT2D eigenvalue weighted by atomic mass is 10.0. The molecule has 5 heterocycles. The first-order valence-electron chi connectivity index (χ1n) is 13.9. The number of nitrogens with zero attached hydrogens (tertiary/aromatic N) is 5. The Morgan fingerprint density at radius 1 is 1.18 bits per heavy atom. The molecule has 40 heavy (non-hydrogen) atoms. The number of alkyl carbamates (subject to hydrolysis) is 1. The fourth-order valence-corrected chi connectivity index (χ4v) is 5.53. The van der Waals surface area contributed by atoms with Gasteiger partial charge in [0.05, 0.1) is 29.4 Å². The molecule has 0 aromatic carbocycles. The van der Waals surface area contributed by atoms with Crippen molar-refractivity contribution in [1.82, 2.24) is 29.4 Å². The van der Waals surface area contributed by atoms with Crippen molar-refractivity contribution in [3.8, 4) is 11.4 Å². The standard InChI is InChI=1S/C30H35FN6O3/c1-18-24-10-9-21(28(38)35-16-22(31)13-23(17-35)33-29(39)40-30(2,3)4)15-37(24)34-26(18)25-12-20-6-5-11-32-27(20)36(25)14-19-7-8-19/h5-6,9-12,15,19,22-23H,7-8,13-14,16-17H2,1-4H3,(H,33,39)/t22-,23-/m1/s1. The third-order valence-corrected chi connectivity index (χ3v) is 7.57. The molecule has 0 bridgehead atoms. The van der Waals surface area contributed by atoms with E-state index in [4.69, 9.17) is 9.84 Å². The van der Waals surface area contributed by atoms with E-state index < -0.39 is 23.9 Å². The van der Waals surface area contributed by atoms with Crippen LogP contribution in [0.3, 0.4) is 0 Å². The Labute approximate surface area is 232 Å². The average Bonchev–Trinajstić information content (AvgIpc) is 3.56. The predicted octanol–water partition coefficient (Wildman–Crippen LogP) is 5.15. The minimum atomic E-state index is -1.25. The van der Waals surface area contributed by atoms with E-state index in [1.807, 2.05) is 25.3 Å². The summed E-state index contributed by atoms with van der Waals surface area (Å²) in [5.74, 6) is 0.359. The van der Waals surface area contributed by atoms with Crippen LogP contribution in [0.25, 0.3) is 27.9 Å². The fraction of sp³-hybridized carbons (Fsp3) is 0.467. The molecule has 4 aromatic rings. The molecule has 4 aromatic heterocycles. The smallest absolute Gasteiger partial charge is 0.407 e. The van der Waals surface area contributed by atoms with E-state index in [9.17, 15) is 14.0 Å². The van der Waals surface area contributed by atoms with E-state index in [2.05, 4.69) is 27.0 Å². The van der Waals surface area contributed by atoms with Crippen LogP contribution >= 0.6 is 0 Å². The average molecular weight is 547 g/mol. The van der Waals surface area contributed by atoms with Crippen molar-refractivity contribution in [2.24, 2.45) is 5.92 Å². The first kappa shape index (κ1) is 26.3. The third kappa shape index (κ3) is 5.26. The van der Waals surface area contributed by atoms with Gasteiger partial charge in [0, 0.05) is 42.9 Å². The lowest BCUT2D eigenvalue weighted by molar-refractivity contribution is 0.0394. The molecule has 1 saturated carbocycles. The number of carbonyl (C=O) groups excluding carboxylic acids is 2. The molecule has 2 fully saturated rings. The van der Waals surface area contributed by atoms with Crippen molar-refractivity contribution in [3.05, 3.63) is 53.9 Å². The van der Waals surface area contributed by atoms with Crippen LogP contribution in [0.5, 0.6) is 0 Å². The van der Waals surface area contributed by atoms with Crippen LogP contribution in [0.4, 0.5) is 9.18 Å². The predicted molar refractivity (Wildman–Crippen MR) is 150 cm³/mol. The maximum absolute atomic E-state index is 14.7. The number of aromatic nitrogens is 4. The number of amides is 2. The van der Waals surface area contributed by atoms with Gasteiger partial charge in [0.2, 0.25) is 0 Å². The van der Waals surface area contributed by atoms with Crippen molar-refractivity contribution < 1.29 is 18.7 Å². The zero-order chi connectivity index (χ0) is 28.2. The van der Waals surface area contributed by atoms with Gasteiger partial charge in [-0.25, -0.2) is 18.7 Å². The van der Waals surface area contributed by atoms with Gasteiger partial charge in [0.1, 0.15) is 23.1 Å². The number of nitrogens with one attached hydrogen (secondary N) is 1. The summed E-state index contributed by atoms with van der Waals surface area (Å²) >= 11 is 0. The van der Waals surface area contributed by atoms with Gasteiger partial charge in [-0.05, 0) is 76.8 Å². The molecule has 0 spiro atoms. The van der Waals surface area contributed by atoms with Gasteiger partial charge in [0.15, 0.2) is 0 Å². The Balaban J connectivity index is 1.27. The largest absolute Gasteiger partial charge is 0.444 e. The summed E-state index contributed by atoms with van der Waals surface area (Å²) < 4.78 is 24.0. The van der Waals surface area contributed by atoms with Gasteiger partial charge >= 0.3 is 6.09 Å². The summed E-state index contributed by atoms with van der Waals surface area (Å²) in [5, 5.41) is 8.70. The highest BCUT2D eigenvalue weighted by Gasteiger charge is 2.33. The summed E-state index contributed by atoms with van der Waals surface area (Å²) in [4.78, 5) is 31.8. The summed E-state index contributed by atoms with van der Waals surface area (Å²) in [5.41, 5.74) is 4.48. The maximum atomic E-state index is 14.7. The molecule has 1 N–H and O–H groups in total. The molecule has 2 atom stereocenters. The highest BCUT2D eigenvalue weighted by molar-refractivity contribution is 5.95. The zero-order valence-electron chi connectivity index (χ0n) is 23.4. The molecule has 1 saturated heterocycles. The Morgan fingerprint density at radius 2 is 1.98 bits per heavy atom. The van der Waals surface area contributed by atoms with Crippen LogP contribution < -0.4 is 5.32 Å². The van der Waals surface area contributed by atoms with Gasteiger partial charge < -0.3 is 19.5 Å². The number of hydrogen-bond donors (Lipinski definition) is 1. The molecule has 0 radical (unpaired) electrons. The number of aryl methyl sites for hydroxylation is 1. The summed E-state index contributed by atoms with van der Waals surface area (Å²) in [6.07, 6.45) is 4.25. The lowest BCUT2D eigenvalue weighted by Crippen LogP contribution is -2.54. The zero-order valence-corrected chi connectivity index (χ0v) is 23.4. The molecular formula is C30H35FN6O3. The van der Waals surface area contributed by atoms with E-state index >= 15 is 0 Å². The second-order valence-electron chi connectivity index (χ2n) is 12.1. The first-order valence-corrected chi connectivity index (χ1v) is 13.9. The molecule has 10 heteroatoms. The number of rotatable bonds is 5. The third-order valence-electron chi connectivity index (χ3n) is 7.57. The molecule has 9 nitrogen and oxygen atoms in total. The minimum Gasteiger partial charge on any atom is -0.444 e. The van der Waals surface area contributed by atoms with E-state index in [-0.39, 0.29) is 25.4 Å². The molecule has 2 aliphatic rings. The number of halogens is 1. The van der Waals surface area contributed by atoms with Crippen molar-refractivity contribution in [2.75, 3.05) is 13.1 Å². The number of likely N-dealkylation sites (tertiary alicyclic amines) is 1. The molecule has 210 valence electrons.